The van der Waals surface area contributed by atoms with Crippen molar-refractivity contribution in [3.8, 4) is 10.7 Å². The van der Waals surface area contributed by atoms with E-state index >= 15 is 0 Å². The molecule has 0 radical (unpaired) electrons. The van der Waals surface area contributed by atoms with Crippen LogP contribution in [0, 0.1) is 5.41 Å². The van der Waals surface area contributed by atoms with E-state index in [1.807, 2.05) is 74.5 Å². The SMILES string of the molecule is CN(CCOC(=O)C(C)(C)C)c1nc(-c2cccs2)nc2ccccc12. The molecule has 0 N–H and O–H groups in total. The summed E-state index contributed by atoms with van der Waals surface area (Å²) in [5.74, 6) is 1.36. The topological polar surface area (TPSA) is 55.3 Å². The maximum absolute atomic E-state index is 11.9. The highest BCUT2D eigenvalue weighted by Gasteiger charge is 2.23. The maximum Gasteiger partial charge on any atom is 0.311 e. The zero-order valence-corrected chi connectivity index (χ0v) is 16.3. The van der Waals surface area contributed by atoms with Crippen molar-refractivity contribution >= 4 is 34.0 Å². The third-order valence-corrected chi connectivity index (χ3v) is 4.82. The molecule has 3 rings (SSSR count). The van der Waals surface area contributed by atoms with E-state index in [-0.39, 0.29) is 5.97 Å². The van der Waals surface area contributed by atoms with Gasteiger partial charge in [-0.1, -0.05) is 18.2 Å². The molecule has 0 aliphatic rings. The minimum atomic E-state index is -0.494. The summed E-state index contributed by atoms with van der Waals surface area (Å²) in [5, 5.41) is 3.00. The Labute approximate surface area is 157 Å². The summed E-state index contributed by atoms with van der Waals surface area (Å²) >= 11 is 1.62. The smallest absolute Gasteiger partial charge is 0.311 e. The lowest BCUT2D eigenvalue weighted by Gasteiger charge is -2.22. The van der Waals surface area contributed by atoms with E-state index in [4.69, 9.17) is 9.72 Å². The molecule has 0 aliphatic carbocycles. The van der Waals surface area contributed by atoms with Gasteiger partial charge < -0.3 is 9.64 Å². The van der Waals surface area contributed by atoms with Crippen LogP contribution in [0.4, 0.5) is 5.82 Å². The molecule has 0 saturated carbocycles. The monoisotopic (exact) mass is 369 g/mol. The lowest BCUT2D eigenvalue weighted by Crippen LogP contribution is -2.29. The van der Waals surface area contributed by atoms with Crippen molar-refractivity contribution in [3.05, 3.63) is 41.8 Å². The molecule has 2 heterocycles. The average molecular weight is 369 g/mol. The highest BCUT2D eigenvalue weighted by atomic mass is 32.1. The molecule has 0 saturated heterocycles. The van der Waals surface area contributed by atoms with Crippen LogP contribution >= 0.6 is 11.3 Å². The number of hydrogen-bond acceptors (Lipinski definition) is 6. The van der Waals surface area contributed by atoms with Gasteiger partial charge in [0.1, 0.15) is 12.4 Å². The predicted octanol–water partition coefficient (Wildman–Crippen LogP) is 4.38. The van der Waals surface area contributed by atoms with Crippen molar-refractivity contribution in [3.63, 3.8) is 0 Å². The fourth-order valence-electron chi connectivity index (χ4n) is 2.46. The van der Waals surface area contributed by atoms with E-state index in [0.717, 1.165) is 21.6 Å². The number of aromatic nitrogens is 2. The zero-order valence-electron chi connectivity index (χ0n) is 15.5. The Kier molecular flexibility index (Phi) is 5.23. The van der Waals surface area contributed by atoms with E-state index in [2.05, 4.69) is 4.98 Å². The van der Waals surface area contributed by atoms with E-state index < -0.39 is 5.41 Å². The summed E-state index contributed by atoms with van der Waals surface area (Å²) in [4.78, 5) is 24.4. The third kappa shape index (κ3) is 4.02. The van der Waals surface area contributed by atoms with Crippen molar-refractivity contribution in [2.45, 2.75) is 20.8 Å². The molecule has 0 unspecified atom stereocenters. The van der Waals surface area contributed by atoms with Crippen molar-refractivity contribution in [1.29, 1.82) is 0 Å². The highest BCUT2D eigenvalue weighted by Crippen LogP contribution is 2.28. The number of hydrogen-bond donors (Lipinski definition) is 0. The number of esters is 1. The quantitative estimate of drug-likeness (QED) is 0.625. The molecule has 1 aromatic carbocycles. The molecule has 6 heteroatoms. The van der Waals surface area contributed by atoms with Crippen LogP contribution in [0.5, 0.6) is 0 Å². The van der Waals surface area contributed by atoms with Gasteiger partial charge in [0.2, 0.25) is 0 Å². The van der Waals surface area contributed by atoms with Crippen molar-refractivity contribution in [2.75, 3.05) is 25.1 Å². The Hall–Kier alpha value is -2.47. The van der Waals surface area contributed by atoms with Gasteiger partial charge in [0.05, 0.1) is 22.4 Å². The largest absolute Gasteiger partial charge is 0.463 e. The molecule has 0 atom stereocenters. The summed E-state index contributed by atoms with van der Waals surface area (Å²) in [6.07, 6.45) is 0. The van der Waals surface area contributed by atoms with Crippen LogP contribution < -0.4 is 4.90 Å². The van der Waals surface area contributed by atoms with Gasteiger partial charge >= 0.3 is 5.97 Å². The number of fused-ring (bicyclic) bond motifs is 1. The molecule has 0 spiro atoms. The molecule has 2 aromatic heterocycles. The first-order valence-corrected chi connectivity index (χ1v) is 9.43. The highest BCUT2D eigenvalue weighted by molar-refractivity contribution is 7.13. The minimum absolute atomic E-state index is 0.197. The van der Waals surface area contributed by atoms with Gasteiger partial charge in [0.25, 0.3) is 0 Å². The Balaban J connectivity index is 1.85. The lowest BCUT2D eigenvalue weighted by molar-refractivity contribution is -0.152. The Bertz CT molecular complexity index is 901. The van der Waals surface area contributed by atoms with Crippen LogP contribution in [0.1, 0.15) is 20.8 Å². The second-order valence-electron chi connectivity index (χ2n) is 7.17. The summed E-state index contributed by atoms with van der Waals surface area (Å²) in [6.45, 7) is 6.44. The number of rotatable bonds is 5. The van der Waals surface area contributed by atoms with Gasteiger partial charge in [-0.25, -0.2) is 9.97 Å². The molecule has 136 valence electrons. The van der Waals surface area contributed by atoms with Crippen LogP contribution in [0.15, 0.2) is 41.8 Å². The molecule has 0 aliphatic heterocycles. The fraction of sp³-hybridized carbons (Fsp3) is 0.350. The van der Waals surface area contributed by atoms with Crippen LogP contribution in [0.2, 0.25) is 0 Å². The van der Waals surface area contributed by atoms with E-state index in [1.165, 1.54) is 0 Å². The summed E-state index contributed by atoms with van der Waals surface area (Å²) < 4.78 is 5.39. The molecule has 5 nitrogen and oxygen atoms in total. The molecule has 26 heavy (non-hydrogen) atoms. The van der Waals surface area contributed by atoms with Crippen molar-refractivity contribution in [1.82, 2.24) is 9.97 Å². The van der Waals surface area contributed by atoms with E-state index in [1.54, 1.807) is 11.3 Å². The van der Waals surface area contributed by atoms with Crippen LogP contribution in [-0.4, -0.2) is 36.1 Å². The molecule has 0 bridgehead atoms. The van der Waals surface area contributed by atoms with Crippen molar-refractivity contribution < 1.29 is 9.53 Å². The average Bonchev–Trinajstić information content (AvgIpc) is 3.14. The first kappa shape index (κ1) is 18.3. The number of nitrogens with zero attached hydrogens (tertiary/aromatic N) is 3. The Morgan fingerprint density at radius 1 is 1.15 bits per heavy atom. The summed E-state index contributed by atoms with van der Waals surface area (Å²) in [5.41, 5.74) is 0.409. The number of para-hydroxylation sites is 1. The lowest BCUT2D eigenvalue weighted by atomic mass is 9.97. The minimum Gasteiger partial charge on any atom is -0.463 e. The van der Waals surface area contributed by atoms with Gasteiger partial charge in [0, 0.05) is 12.4 Å². The molecule has 3 aromatic rings. The normalized spacial score (nSPS) is 11.5. The summed E-state index contributed by atoms with van der Waals surface area (Å²) in [6, 6.07) is 12.0. The second-order valence-corrected chi connectivity index (χ2v) is 8.12. The number of ether oxygens (including phenoxy) is 1. The second kappa shape index (κ2) is 7.41. The third-order valence-electron chi connectivity index (χ3n) is 3.96. The van der Waals surface area contributed by atoms with Gasteiger partial charge in [-0.3, -0.25) is 4.79 Å². The first-order valence-electron chi connectivity index (χ1n) is 8.55. The number of likely N-dealkylation sites (N-methyl/N-ethyl adjacent to an activating group) is 1. The zero-order chi connectivity index (χ0) is 18.7. The Morgan fingerprint density at radius 3 is 2.62 bits per heavy atom. The first-order chi connectivity index (χ1) is 12.4. The predicted molar refractivity (Wildman–Crippen MR) is 107 cm³/mol. The summed E-state index contributed by atoms with van der Waals surface area (Å²) in [7, 11) is 1.96. The van der Waals surface area contributed by atoms with Gasteiger partial charge in [-0.05, 0) is 44.4 Å². The van der Waals surface area contributed by atoms with Crippen LogP contribution in [-0.2, 0) is 9.53 Å². The molecular weight excluding hydrogens is 346 g/mol. The van der Waals surface area contributed by atoms with E-state index in [0.29, 0.717) is 19.0 Å². The number of benzene rings is 1. The van der Waals surface area contributed by atoms with Gasteiger partial charge in [-0.2, -0.15) is 0 Å². The van der Waals surface area contributed by atoms with E-state index in [9.17, 15) is 4.79 Å². The number of carbonyl (C=O) groups excluding carboxylic acids is 1. The molecular formula is C20H23N3O2S. The fourth-order valence-corrected chi connectivity index (χ4v) is 3.12. The van der Waals surface area contributed by atoms with Crippen molar-refractivity contribution in [2.24, 2.45) is 5.41 Å². The standard InChI is InChI=1S/C20H23N3O2S/c1-20(2,3)19(24)25-12-11-23(4)18-14-8-5-6-9-15(14)21-17(22-18)16-10-7-13-26-16/h5-10,13H,11-12H2,1-4H3. The van der Waals surface area contributed by atoms with Gasteiger partial charge in [0.15, 0.2) is 5.82 Å². The number of carbonyl (C=O) groups is 1. The molecule has 0 amide bonds. The number of thiophene rings is 1. The maximum atomic E-state index is 11.9. The van der Waals surface area contributed by atoms with Crippen LogP contribution in [0.3, 0.4) is 0 Å². The number of anilines is 1. The Morgan fingerprint density at radius 2 is 1.92 bits per heavy atom. The van der Waals surface area contributed by atoms with Crippen LogP contribution in [0.25, 0.3) is 21.6 Å². The molecule has 0 fully saturated rings. The van der Waals surface area contributed by atoms with Gasteiger partial charge in [-0.15, -0.1) is 11.3 Å².